The zero-order valence-corrected chi connectivity index (χ0v) is 10.6. The van der Waals surface area contributed by atoms with Crippen LogP contribution in [0, 0.1) is 0 Å². The van der Waals surface area contributed by atoms with E-state index in [0.717, 1.165) is 23.3 Å². The van der Waals surface area contributed by atoms with E-state index in [2.05, 4.69) is 5.32 Å². The third kappa shape index (κ3) is 3.81. The van der Waals surface area contributed by atoms with Crippen molar-refractivity contribution < 1.29 is 14.7 Å². The molecule has 0 atom stereocenters. The minimum absolute atomic E-state index is 0.472. The zero-order chi connectivity index (χ0) is 14.4. The molecule has 4 nitrogen and oxygen atoms in total. The molecular weight excluding hydrogens is 254 g/mol. The summed E-state index contributed by atoms with van der Waals surface area (Å²) in [4.78, 5) is 21.7. The minimum Gasteiger partial charge on any atom is -0.478 e. The van der Waals surface area contributed by atoms with Gasteiger partial charge in [-0.15, -0.1) is 0 Å². The van der Waals surface area contributed by atoms with Crippen LogP contribution in [0.3, 0.4) is 0 Å². The number of hydrogen-bond acceptors (Lipinski definition) is 2. The highest BCUT2D eigenvalue weighted by molar-refractivity contribution is 6.02. The van der Waals surface area contributed by atoms with Crippen LogP contribution in [0.25, 0.3) is 11.1 Å². The second-order valence-corrected chi connectivity index (χ2v) is 4.10. The third-order valence-electron chi connectivity index (χ3n) is 2.64. The first-order valence-electron chi connectivity index (χ1n) is 6.02. The largest absolute Gasteiger partial charge is 0.478 e. The van der Waals surface area contributed by atoms with Crippen molar-refractivity contribution in [1.82, 2.24) is 0 Å². The van der Waals surface area contributed by atoms with Gasteiger partial charge in [0.15, 0.2) is 0 Å². The highest BCUT2D eigenvalue weighted by Gasteiger charge is 2.00. The highest BCUT2D eigenvalue weighted by atomic mass is 16.4. The molecule has 0 saturated heterocycles. The molecule has 20 heavy (non-hydrogen) atoms. The van der Waals surface area contributed by atoms with Crippen LogP contribution in [-0.2, 0) is 9.59 Å². The maximum absolute atomic E-state index is 11.4. The average Bonchev–Trinajstić information content (AvgIpc) is 2.47. The number of nitrogens with one attached hydrogen (secondary N) is 1. The molecule has 1 amide bonds. The molecule has 0 spiro atoms. The number of benzene rings is 2. The summed E-state index contributed by atoms with van der Waals surface area (Å²) in [6.07, 6.45) is 1.78. The standard InChI is InChI=1S/C16H13NO3/c18-15(10-11-16(19)20)17-14-8-6-13(7-9-14)12-4-2-1-3-5-12/h1-11H,(H,17,18)(H,19,20). The van der Waals surface area contributed by atoms with Gasteiger partial charge in [-0.2, -0.15) is 0 Å². The summed E-state index contributed by atoms with van der Waals surface area (Å²) in [6, 6.07) is 17.2. The van der Waals surface area contributed by atoms with Gasteiger partial charge in [0.25, 0.3) is 0 Å². The minimum atomic E-state index is -1.15. The van der Waals surface area contributed by atoms with E-state index in [4.69, 9.17) is 5.11 Å². The maximum atomic E-state index is 11.4. The lowest BCUT2D eigenvalue weighted by atomic mass is 10.1. The normalized spacial score (nSPS) is 10.4. The van der Waals surface area contributed by atoms with Crippen LogP contribution >= 0.6 is 0 Å². The molecule has 0 aromatic heterocycles. The number of carbonyl (C=O) groups is 2. The smallest absolute Gasteiger partial charge is 0.328 e. The first kappa shape index (κ1) is 13.5. The van der Waals surface area contributed by atoms with Crippen molar-refractivity contribution in [2.45, 2.75) is 0 Å². The molecule has 2 rings (SSSR count). The van der Waals surface area contributed by atoms with Crippen LogP contribution in [0.2, 0.25) is 0 Å². The molecule has 0 aliphatic heterocycles. The summed E-state index contributed by atoms with van der Waals surface area (Å²) >= 11 is 0. The predicted octanol–water partition coefficient (Wildman–Crippen LogP) is 2.93. The van der Waals surface area contributed by atoms with Crippen molar-refractivity contribution in [3.63, 3.8) is 0 Å². The molecule has 2 aromatic rings. The van der Waals surface area contributed by atoms with E-state index < -0.39 is 11.9 Å². The van der Waals surface area contributed by atoms with Gasteiger partial charge in [-0.3, -0.25) is 4.79 Å². The van der Waals surface area contributed by atoms with Crippen LogP contribution in [0.1, 0.15) is 0 Å². The lowest BCUT2D eigenvalue weighted by Gasteiger charge is -2.05. The number of rotatable bonds is 4. The van der Waals surface area contributed by atoms with Crippen molar-refractivity contribution in [2.75, 3.05) is 5.32 Å². The van der Waals surface area contributed by atoms with Gasteiger partial charge in [0.05, 0.1) is 0 Å². The number of aliphatic carboxylic acids is 1. The molecule has 100 valence electrons. The van der Waals surface area contributed by atoms with Gasteiger partial charge in [0, 0.05) is 17.8 Å². The van der Waals surface area contributed by atoms with Gasteiger partial charge in [0.1, 0.15) is 0 Å². The van der Waals surface area contributed by atoms with E-state index in [0.29, 0.717) is 5.69 Å². The molecule has 0 bridgehead atoms. The Morgan fingerprint density at radius 1 is 0.850 bits per heavy atom. The highest BCUT2D eigenvalue weighted by Crippen LogP contribution is 2.20. The van der Waals surface area contributed by atoms with Crippen molar-refractivity contribution in [1.29, 1.82) is 0 Å². The molecule has 0 radical (unpaired) electrons. The van der Waals surface area contributed by atoms with E-state index in [1.165, 1.54) is 0 Å². The number of carboxylic acid groups (broad SMARTS) is 1. The number of carboxylic acids is 1. The Bertz CT molecular complexity index is 631. The van der Waals surface area contributed by atoms with Crippen molar-refractivity contribution >= 4 is 17.6 Å². The summed E-state index contributed by atoms with van der Waals surface area (Å²) < 4.78 is 0. The molecule has 2 aromatic carbocycles. The van der Waals surface area contributed by atoms with E-state index in [9.17, 15) is 9.59 Å². The Kier molecular flexibility index (Phi) is 4.29. The van der Waals surface area contributed by atoms with Gasteiger partial charge < -0.3 is 10.4 Å². The summed E-state index contributed by atoms with van der Waals surface area (Å²) in [7, 11) is 0. The van der Waals surface area contributed by atoms with Gasteiger partial charge in [-0.1, -0.05) is 42.5 Å². The Hall–Kier alpha value is -2.88. The van der Waals surface area contributed by atoms with E-state index in [-0.39, 0.29) is 0 Å². The molecule has 0 aliphatic rings. The second kappa shape index (κ2) is 6.33. The fraction of sp³-hybridized carbons (Fsp3) is 0. The van der Waals surface area contributed by atoms with E-state index in [1.807, 2.05) is 42.5 Å². The van der Waals surface area contributed by atoms with Crippen LogP contribution in [0.5, 0.6) is 0 Å². The fourth-order valence-electron chi connectivity index (χ4n) is 1.71. The lowest BCUT2D eigenvalue weighted by Crippen LogP contribution is -2.08. The topological polar surface area (TPSA) is 66.4 Å². The second-order valence-electron chi connectivity index (χ2n) is 4.10. The van der Waals surface area contributed by atoms with Crippen LogP contribution in [0.15, 0.2) is 66.7 Å². The quantitative estimate of drug-likeness (QED) is 0.837. The average molecular weight is 267 g/mol. The van der Waals surface area contributed by atoms with E-state index in [1.54, 1.807) is 12.1 Å². The molecule has 0 heterocycles. The van der Waals surface area contributed by atoms with Crippen molar-refractivity contribution in [3.8, 4) is 11.1 Å². The molecular formula is C16H13NO3. The Morgan fingerprint density at radius 2 is 1.45 bits per heavy atom. The first-order chi connectivity index (χ1) is 9.65. The van der Waals surface area contributed by atoms with Gasteiger partial charge in [0.2, 0.25) is 5.91 Å². The monoisotopic (exact) mass is 267 g/mol. The van der Waals surface area contributed by atoms with Gasteiger partial charge >= 0.3 is 5.97 Å². The van der Waals surface area contributed by atoms with Crippen LogP contribution < -0.4 is 5.32 Å². The zero-order valence-electron chi connectivity index (χ0n) is 10.6. The molecule has 0 aliphatic carbocycles. The Morgan fingerprint density at radius 3 is 2.05 bits per heavy atom. The Labute approximate surface area is 116 Å². The van der Waals surface area contributed by atoms with Crippen LogP contribution in [0.4, 0.5) is 5.69 Å². The maximum Gasteiger partial charge on any atom is 0.328 e. The number of carbonyl (C=O) groups excluding carboxylic acids is 1. The molecule has 0 unspecified atom stereocenters. The number of hydrogen-bond donors (Lipinski definition) is 2. The molecule has 0 saturated carbocycles. The molecule has 4 heteroatoms. The van der Waals surface area contributed by atoms with Gasteiger partial charge in [-0.05, 0) is 23.3 Å². The van der Waals surface area contributed by atoms with Crippen molar-refractivity contribution in [3.05, 3.63) is 66.7 Å². The summed E-state index contributed by atoms with van der Waals surface area (Å²) in [5.74, 6) is -1.63. The summed E-state index contributed by atoms with van der Waals surface area (Å²) in [5.41, 5.74) is 2.76. The Balaban J connectivity index is 2.06. The lowest BCUT2D eigenvalue weighted by molar-refractivity contribution is -0.131. The third-order valence-corrected chi connectivity index (χ3v) is 2.64. The van der Waals surface area contributed by atoms with Crippen LogP contribution in [-0.4, -0.2) is 17.0 Å². The van der Waals surface area contributed by atoms with E-state index >= 15 is 0 Å². The summed E-state index contributed by atoms with van der Waals surface area (Å²) in [5, 5.41) is 11.0. The predicted molar refractivity (Wildman–Crippen MR) is 77.3 cm³/mol. The molecule has 2 N–H and O–H groups in total. The summed E-state index contributed by atoms with van der Waals surface area (Å²) in [6.45, 7) is 0. The number of anilines is 1. The molecule has 0 fully saturated rings. The number of amides is 1. The van der Waals surface area contributed by atoms with Crippen molar-refractivity contribution in [2.24, 2.45) is 0 Å². The SMILES string of the molecule is O=C(O)C=CC(=O)Nc1ccc(-c2ccccc2)cc1. The first-order valence-corrected chi connectivity index (χ1v) is 6.02. The fourth-order valence-corrected chi connectivity index (χ4v) is 1.71. The van der Waals surface area contributed by atoms with Gasteiger partial charge in [-0.25, -0.2) is 4.79 Å².